The summed E-state index contributed by atoms with van der Waals surface area (Å²) in [5.74, 6) is -0.963. The second-order valence-corrected chi connectivity index (χ2v) is 5.33. The highest BCUT2D eigenvalue weighted by atomic mass is 16.5. The van der Waals surface area contributed by atoms with E-state index in [1.165, 1.54) is 0 Å². The van der Waals surface area contributed by atoms with Crippen LogP contribution in [0.15, 0.2) is 18.2 Å². The molecule has 5 nitrogen and oxygen atoms in total. The van der Waals surface area contributed by atoms with E-state index >= 15 is 0 Å². The zero-order valence-corrected chi connectivity index (χ0v) is 11.7. The summed E-state index contributed by atoms with van der Waals surface area (Å²) in [5.41, 5.74) is 6.73. The van der Waals surface area contributed by atoms with Crippen LogP contribution in [0.1, 0.15) is 31.9 Å². The Labute approximate surface area is 113 Å². The van der Waals surface area contributed by atoms with E-state index in [1.807, 2.05) is 18.2 Å². The smallest absolute Gasteiger partial charge is 0.309 e. The van der Waals surface area contributed by atoms with Crippen molar-refractivity contribution < 1.29 is 14.3 Å². The lowest BCUT2D eigenvalue weighted by atomic mass is 9.85. The molecule has 0 saturated carbocycles. The molecule has 5 heteroatoms. The van der Waals surface area contributed by atoms with Gasteiger partial charge in [-0.3, -0.25) is 9.59 Å². The molecular formula is C14H20N2O3. The molecule has 0 aromatic heterocycles. The van der Waals surface area contributed by atoms with Crippen molar-refractivity contribution in [2.75, 3.05) is 7.11 Å². The molecule has 19 heavy (non-hydrogen) atoms. The molecule has 0 fully saturated rings. The van der Waals surface area contributed by atoms with Gasteiger partial charge in [0.2, 0.25) is 0 Å². The minimum atomic E-state index is -0.982. The van der Waals surface area contributed by atoms with Gasteiger partial charge in [0.1, 0.15) is 5.75 Å². The van der Waals surface area contributed by atoms with Crippen LogP contribution >= 0.6 is 0 Å². The summed E-state index contributed by atoms with van der Waals surface area (Å²) in [7, 11) is 1.62. The van der Waals surface area contributed by atoms with Crippen LogP contribution in [0.25, 0.3) is 0 Å². The monoisotopic (exact) mass is 264 g/mol. The highest BCUT2D eigenvalue weighted by molar-refractivity contribution is 6.34. The van der Waals surface area contributed by atoms with E-state index in [0.717, 1.165) is 16.9 Å². The first-order valence-electron chi connectivity index (χ1n) is 6.00. The van der Waals surface area contributed by atoms with E-state index in [-0.39, 0.29) is 12.0 Å². The summed E-state index contributed by atoms with van der Waals surface area (Å²) in [6, 6.07) is 5.65. The van der Waals surface area contributed by atoms with Crippen molar-refractivity contribution >= 4 is 11.8 Å². The molecule has 0 bridgehead atoms. The predicted molar refractivity (Wildman–Crippen MR) is 72.7 cm³/mol. The summed E-state index contributed by atoms with van der Waals surface area (Å²) in [5, 5.41) is 2.46. The van der Waals surface area contributed by atoms with E-state index in [1.54, 1.807) is 7.11 Å². The molecule has 0 aliphatic heterocycles. The minimum absolute atomic E-state index is 0.0744. The minimum Gasteiger partial charge on any atom is -0.496 e. The van der Waals surface area contributed by atoms with Crippen LogP contribution in [-0.2, 0) is 21.5 Å². The van der Waals surface area contributed by atoms with Gasteiger partial charge in [-0.25, -0.2) is 0 Å². The summed E-state index contributed by atoms with van der Waals surface area (Å²) in [6.07, 6.45) is 0. The number of amides is 2. The van der Waals surface area contributed by atoms with Gasteiger partial charge in [0.15, 0.2) is 0 Å². The van der Waals surface area contributed by atoms with E-state index in [2.05, 4.69) is 26.1 Å². The van der Waals surface area contributed by atoms with Gasteiger partial charge in [0.05, 0.1) is 7.11 Å². The van der Waals surface area contributed by atoms with Gasteiger partial charge in [-0.1, -0.05) is 26.8 Å². The molecule has 0 spiro atoms. The highest BCUT2D eigenvalue weighted by Crippen LogP contribution is 2.31. The first kappa shape index (κ1) is 15.0. The van der Waals surface area contributed by atoms with Crippen LogP contribution < -0.4 is 15.8 Å². The molecule has 2 amide bonds. The number of hydrogen-bond donors (Lipinski definition) is 2. The molecule has 3 N–H and O–H groups in total. The van der Waals surface area contributed by atoms with Crippen LogP contribution in [0.4, 0.5) is 0 Å². The number of ether oxygens (including phenoxy) is 1. The Morgan fingerprint density at radius 1 is 1.32 bits per heavy atom. The van der Waals surface area contributed by atoms with Crippen molar-refractivity contribution in [2.24, 2.45) is 5.73 Å². The molecule has 0 radical (unpaired) electrons. The molecule has 1 aromatic rings. The van der Waals surface area contributed by atoms with E-state index in [9.17, 15) is 9.59 Å². The Hall–Kier alpha value is -2.04. The average Bonchev–Trinajstić information content (AvgIpc) is 2.34. The lowest BCUT2D eigenvalue weighted by molar-refractivity contribution is -0.137. The number of primary amides is 1. The Bertz CT molecular complexity index is 490. The van der Waals surface area contributed by atoms with Crippen molar-refractivity contribution in [1.29, 1.82) is 0 Å². The fourth-order valence-corrected chi connectivity index (χ4v) is 1.72. The van der Waals surface area contributed by atoms with Gasteiger partial charge in [-0.2, -0.15) is 0 Å². The second-order valence-electron chi connectivity index (χ2n) is 5.33. The number of benzene rings is 1. The Morgan fingerprint density at radius 3 is 2.42 bits per heavy atom. The zero-order chi connectivity index (χ0) is 14.6. The van der Waals surface area contributed by atoms with Gasteiger partial charge in [0.25, 0.3) is 0 Å². The summed E-state index contributed by atoms with van der Waals surface area (Å²) in [4.78, 5) is 21.7. The second kappa shape index (κ2) is 5.73. The van der Waals surface area contributed by atoms with Crippen LogP contribution in [0, 0.1) is 0 Å². The first-order chi connectivity index (χ1) is 8.75. The normalized spacial score (nSPS) is 10.9. The predicted octanol–water partition coefficient (Wildman–Crippen LogP) is 1.09. The number of hydrogen-bond acceptors (Lipinski definition) is 3. The molecule has 0 aliphatic carbocycles. The van der Waals surface area contributed by atoms with Gasteiger partial charge in [-0.05, 0) is 28.7 Å². The standard InChI is InChI=1S/C14H20N2O3/c1-14(2,3)10-7-9(5-6-11(10)19-4)8-16-13(18)12(15)17/h5-7H,8H2,1-4H3,(H2,15,17)(H,16,18). The van der Waals surface area contributed by atoms with Crippen molar-refractivity contribution in [3.63, 3.8) is 0 Å². The molecule has 0 saturated heterocycles. The molecule has 0 unspecified atom stereocenters. The van der Waals surface area contributed by atoms with Crippen LogP contribution in [-0.4, -0.2) is 18.9 Å². The van der Waals surface area contributed by atoms with Crippen LogP contribution in [0.2, 0.25) is 0 Å². The molecule has 1 aromatic carbocycles. The average molecular weight is 264 g/mol. The maximum atomic E-state index is 11.1. The van der Waals surface area contributed by atoms with Crippen molar-refractivity contribution in [3.8, 4) is 5.75 Å². The van der Waals surface area contributed by atoms with E-state index in [4.69, 9.17) is 10.5 Å². The Morgan fingerprint density at radius 2 is 1.95 bits per heavy atom. The third-order valence-corrected chi connectivity index (χ3v) is 2.75. The highest BCUT2D eigenvalue weighted by Gasteiger charge is 2.19. The SMILES string of the molecule is COc1ccc(CNC(=O)C(N)=O)cc1C(C)(C)C. The quantitative estimate of drug-likeness (QED) is 0.802. The Balaban J connectivity index is 2.93. The summed E-state index contributed by atoms with van der Waals surface area (Å²) >= 11 is 0. The third kappa shape index (κ3) is 3.98. The number of carbonyl (C=O) groups is 2. The number of rotatable bonds is 3. The maximum absolute atomic E-state index is 11.1. The lowest BCUT2D eigenvalue weighted by Crippen LogP contribution is -2.35. The van der Waals surface area contributed by atoms with Crippen LogP contribution in [0.3, 0.4) is 0 Å². The lowest BCUT2D eigenvalue weighted by Gasteiger charge is -2.23. The number of nitrogens with two attached hydrogens (primary N) is 1. The Kier molecular flexibility index (Phi) is 4.53. The van der Waals surface area contributed by atoms with Crippen molar-refractivity contribution in [2.45, 2.75) is 32.7 Å². The third-order valence-electron chi connectivity index (χ3n) is 2.75. The van der Waals surface area contributed by atoms with Gasteiger partial charge < -0.3 is 15.8 Å². The fraction of sp³-hybridized carbons (Fsp3) is 0.429. The van der Waals surface area contributed by atoms with Crippen molar-refractivity contribution in [1.82, 2.24) is 5.32 Å². The van der Waals surface area contributed by atoms with E-state index < -0.39 is 11.8 Å². The van der Waals surface area contributed by atoms with Gasteiger partial charge in [-0.15, -0.1) is 0 Å². The zero-order valence-electron chi connectivity index (χ0n) is 11.7. The topological polar surface area (TPSA) is 81.4 Å². The van der Waals surface area contributed by atoms with Crippen LogP contribution in [0.5, 0.6) is 5.75 Å². The summed E-state index contributed by atoms with van der Waals surface area (Å²) in [6.45, 7) is 6.50. The number of methoxy groups -OCH3 is 1. The molecule has 1 rings (SSSR count). The first-order valence-corrected chi connectivity index (χ1v) is 6.00. The molecule has 104 valence electrons. The van der Waals surface area contributed by atoms with Crippen molar-refractivity contribution in [3.05, 3.63) is 29.3 Å². The van der Waals surface area contributed by atoms with E-state index in [0.29, 0.717) is 0 Å². The number of carbonyl (C=O) groups excluding carboxylic acids is 2. The van der Waals surface area contributed by atoms with Gasteiger partial charge >= 0.3 is 11.8 Å². The molecule has 0 aliphatic rings. The molecule has 0 heterocycles. The largest absolute Gasteiger partial charge is 0.496 e. The van der Waals surface area contributed by atoms with Gasteiger partial charge in [0, 0.05) is 6.54 Å². The number of nitrogens with one attached hydrogen (secondary N) is 1. The maximum Gasteiger partial charge on any atom is 0.309 e. The summed E-state index contributed by atoms with van der Waals surface area (Å²) < 4.78 is 5.33. The molecular weight excluding hydrogens is 244 g/mol. The molecule has 0 atom stereocenters. The fourth-order valence-electron chi connectivity index (χ4n) is 1.72.